The predicted molar refractivity (Wildman–Crippen MR) is 127 cm³/mol. The highest BCUT2D eigenvalue weighted by atomic mass is 127. The molecule has 4 rings (SSSR count). The molecule has 0 atom stereocenters. The van der Waals surface area contributed by atoms with Crippen molar-refractivity contribution in [2.24, 2.45) is 4.99 Å². The summed E-state index contributed by atoms with van der Waals surface area (Å²) >= 11 is 2.31. The molecule has 0 spiro atoms. The largest absolute Gasteiger partial charge is 0.488 e. The van der Waals surface area contributed by atoms with E-state index in [1.165, 1.54) is 5.69 Å². The van der Waals surface area contributed by atoms with Gasteiger partial charge in [0.1, 0.15) is 12.4 Å². The first-order chi connectivity index (χ1) is 14.3. The van der Waals surface area contributed by atoms with Gasteiger partial charge in [-0.05, 0) is 76.2 Å². The Kier molecular flexibility index (Phi) is 6.79. The van der Waals surface area contributed by atoms with Crippen molar-refractivity contribution in [2.45, 2.75) is 6.61 Å². The monoisotopic (exact) mass is 498 g/mol. The van der Waals surface area contributed by atoms with E-state index in [0.29, 0.717) is 6.61 Å². The minimum atomic E-state index is 0.569. The smallest absolute Gasteiger partial charge is 0.133 e. The quantitative estimate of drug-likeness (QED) is 0.335. The zero-order chi connectivity index (χ0) is 19.9. The number of benzene rings is 3. The molecule has 3 aromatic carbocycles. The molecule has 1 aliphatic rings. The Morgan fingerprint density at radius 2 is 1.72 bits per heavy atom. The maximum Gasteiger partial charge on any atom is 0.133 e. The van der Waals surface area contributed by atoms with Crippen LogP contribution in [0, 0.1) is 3.57 Å². The van der Waals surface area contributed by atoms with Gasteiger partial charge in [-0.25, -0.2) is 0 Å². The Morgan fingerprint density at radius 1 is 0.966 bits per heavy atom. The third kappa shape index (κ3) is 5.58. The van der Waals surface area contributed by atoms with Crippen LogP contribution in [0.5, 0.6) is 5.75 Å². The van der Waals surface area contributed by atoms with Gasteiger partial charge in [-0.1, -0.05) is 30.3 Å². The molecule has 0 aromatic heterocycles. The Labute approximate surface area is 185 Å². The molecule has 4 nitrogen and oxygen atoms in total. The summed E-state index contributed by atoms with van der Waals surface area (Å²) in [6, 6.07) is 24.7. The molecule has 0 amide bonds. The second-order valence-corrected chi connectivity index (χ2v) is 8.00. The molecule has 3 aromatic rings. The first kappa shape index (κ1) is 19.9. The van der Waals surface area contributed by atoms with Crippen LogP contribution in [0.3, 0.4) is 0 Å². The molecule has 148 valence electrons. The Balaban J connectivity index is 1.37. The van der Waals surface area contributed by atoms with Gasteiger partial charge in [0, 0.05) is 25.0 Å². The lowest BCUT2D eigenvalue weighted by molar-refractivity contribution is 0.122. The Morgan fingerprint density at radius 3 is 2.45 bits per heavy atom. The topological polar surface area (TPSA) is 34.1 Å². The molecule has 1 aliphatic heterocycles. The van der Waals surface area contributed by atoms with E-state index in [4.69, 9.17) is 9.47 Å². The molecule has 29 heavy (non-hydrogen) atoms. The summed E-state index contributed by atoms with van der Waals surface area (Å²) in [6.07, 6.45) is 1.90. The van der Waals surface area contributed by atoms with Crippen LogP contribution in [0.4, 0.5) is 11.4 Å². The lowest BCUT2D eigenvalue weighted by Crippen LogP contribution is -2.36. The normalized spacial score (nSPS) is 14.3. The zero-order valence-electron chi connectivity index (χ0n) is 16.1. The fourth-order valence-corrected chi connectivity index (χ4v) is 3.86. The molecule has 1 fully saturated rings. The average Bonchev–Trinajstić information content (AvgIpc) is 2.79. The molecular formula is C24H23IN2O2. The molecule has 0 aliphatic carbocycles. The Hall–Kier alpha value is -2.38. The van der Waals surface area contributed by atoms with Gasteiger partial charge in [-0.3, -0.25) is 4.99 Å². The van der Waals surface area contributed by atoms with Gasteiger partial charge in [0.05, 0.1) is 22.5 Å². The first-order valence-electron chi connectivity index (χ1n) is 9.71. The van der Waals surface area contributed by atoms with Crippen molar-refractivity contribution in [1.29, 1.82) is 0 Å². The number of rotatable bonds is 6. The first-order valence-corrected chi connectivity index (χ1v) is 10.8. The van der Waals surface area contributed by atoms with Crippen molar-refractivity contribution >= 4 is 40.2 Å². The summed E-state index contributed by atoms with van der Waals surface area (Å²) in [7, 11) is 0. The minimum absolute atomic E-state index is 0.569. The van der Waals surface area contributed by atoms with E-state index in [0.717, 1.165) is 52.4 Å². The van der Waals surface area contributed by atoms with Crippen LogP contribution in [-0.2, 0) is 11.3 Å². The standard InChI is InChI=1S/C24H23IN2O2/c25-23-16-20(6-11-24(23)29-18-19-4-2-1-3-5-19)17-26-21-7-9-22(10-8-21)27-12-14-28-15-13-27/h1-11,16-17H,12-15,18H2. The van der Waals surface area contributed by atoms with Crippen molar-refractivity contribution in [2.75, 3.05) is 31.2 Å². The van der Waals surface area contributed by atoms with Crippen molar-refractivity contribution in [3.05, 3.63) is 87.5 Å². The molecule has 1 saturated heterocycles. The van der Waals surface area contributed by atoms with Crippen LogP contribution in [0.15, 0.2) is 77.8 Å². The molecule has 0 radical (unpaired) electrons. The highest BCUT2D eigenvalue weighted by Gasteiger charge is 2.10. The van der Waals surface area contributed by atoms with E-state index >= 15 is 0 Å². The van der Waals surface area contributed by atoms with E-state index in [1.54, 1.807) is 0 Å². The van der Waals surface area contributed by atoms with E-state index in [2.05, 4.69) is 74.9 Å². The number of ether oxygens (including phenoxy) is 2. The SMILES string of the molecule is Ic1cc(C=Nc2ccc(N3CCOCC3)cc2)ccc1OCc1ccccc1. The molecular weight excluding hydrogens is 475 g/mol. The number of hydrogen-bond acceptors (Lipinski definition) is 4. The van der Waals surface area contributed by atoms with Gasteiger partial charge < -0.3 is 14.4 Å². The van der Waals surface area contributed by atoms with Gasteiger partial charge in [0.25, 0.3) is 0 Å². The highest BCUT2D eigenvalue weighted by molar-refractivity contribution is 14.1. The number of halogens is 1. The fourth-order valence-electron chi connectivity index (χ4n) is 3.17. The molecule has 0 bridgehead atoms. The third-order valence-corrected chi connectivity index (χ3v) is 5.62. The lowest BCUT2D eigenvalue weighted by Gasteiger charge is -2.28. The fraction of sp³-hybridized carbons (Fsp3) is 0.208. The van der Waals surface area contributed by atoms with E-state index < -0.39 is 0 Å². The number of hydrogen-bond donors (Lipinski definition) is 0. The second-order valence-electron chi connectivity index (χ2n) is 6.84. The average molecular weight is 498 g/mol. The van der Waals surface area contributed by atoms with E-state index in [1.807, 2.05) is 36.5 Å². The summed E-state index contributed by atoms with van der Waals surface area (Å²) in [5.41, 5.74) is 4.39. The summed E-state index contributed by atoms with van der Waals surface area (Å²) in [4.78, 5) is 6.96. The number of nitrogens with zero attached hydrogens (tertiary/aromatic N) is 2. The molecule has 0 saturated carbocycles. The van der Waals surface area contributed by atoms with Crippen LogP contribution in [0.25, 0.3) is 0 Å². The molecule has 0 N–H and O–H groups in total. The molecule has 0 unspecified atom stereocenters. The van der Waals surface area contributed by atoms with Crippen molar-refractivity contribution < 1.29 is 9.47 Å². The van der Waals surface area contributed by atoms with Crippen LogP contribution < -0.4 is 9.64 Å². The van der Waals surface area contributed by atoms with Gasteiger partial charge in [0.15, 0.2) is 0 Å². The van der Waals surface area contributed by atoms with Crippen molar-refractivity contribution in [3.8, 4) is 5.75 Å². The van der Waals surface area contributed by atoms with E-state index in [9.17, 15) is 0 Å². The van der Waals surface area contributed by atoms with Crippen LogP contribution >= 0.6 is 22.6 Å². The van der Waals surface area contributed by atoms with Crippen molar-refractivity contribution in [3.63, 3.8) is 0 Å². The molecule has 5 heteroatoms. The van der Waals surface area contributed by atoms with Gasteiger partial charge in [0.2, 0.25) is 0 Å². The Bertz CT molecular complexity index is 952. The minimum Gasteiger partial charge on any atom is -0.488 e. The third-order valence-electron chi connectivity index (χ3n) is 4.78. The highest BCUT2D eigenvalue weighted by Crippen LogP contribution is 2.24. The van der Waals surface area contributed by atoms with Crippen LogP contribution in [0.2, 0.25) is 0 Å². The summed E-state index contributed by atoms with van der Waals surface area (Å²) in [5, 5.41) is 0. The number of aliphatic imine (C=N–C) groups is 1. The van der Waals surface area contributed by atoms with Crippen LogP contribution in [-0.4, -0.2) is 32.5 Å². The van der Waals surface area contributed by atoms with Gasteiger partial charge in [-0.2, -0.15) is 0 Å². The van der Waals surface area contributed by atoms with Crippen molar-refractivity contribution in [1.82, 2.24) is 0 Å². The van der Waals surface area contributed by atoms with E-state index in [-0.39, 0.29) is 0 Å². The van der Waals surface area contributed by atoms with Crippen LogP contribution in [0.1, 0.15) is 11.1 Å². The molecule has 1 heterocycles. The summed E-state index contributed by atoms with van der Waals surface area (Å²) in [6.45, 7) is 4.05. The maximum atomic E-state index is 5.95. The maximum absolute atomic E-state index is 5.95. The number of anilines is 1. The van der Waals surface area contributed by atoms with Gasteiger partial charge >= 0.3 is 0 Å². The summed E-state index contributed by atoms with van der Waals surface area (Å²) < 4.78 is 12.4. The lowest BCUT2D eigenvalue weighted by atomic mass is 10.2. The van der Waals surface area contributed by atoms with Gasteiger partial charge in [-0.15, -0.1) is 0 Å². The second kappa shape index (κ2) is 9.89. The zero-order valence-corrected chi connectivity index (χ0v) is 18.3. The summed E-state index contributed by atoms with van der Waals surface area (Å²) in [5.74, 6) is 0.890. The predicted octanol–water partition coefficient (Wildman–Crippen LogP) is 5.46. The number of morpholine rings is 1.